The number of likely N-dealkylation sites (tertiary alicyclic amines) is 1. The van der Waals surface area contributed by atoms with Crippen LogP contribution < -0.4 is 9.64 Å². The molecule has 0 bridgehead atoms. The fraction of sp³-hybridized carbons (Fsp3) is 0.462. The zero-order chi connectivity index (χ0) is 24.0. The van der Waals surface area contributed by atoms with Gasteiger partial charge in [-0.05, 0) is 56.2 Å². The van der Waals surface area contributed by atoms with E-state index in [1.807, 2.05) is 30.3 Å². The van der Waals surface area contributed by atoms with Crippen molar-refractivity contribution in [3.05, 3.63) is 48.3 Å². The van der Waals surface area contributed by atoms with Crippen LogP contribution in [-0.4, -0.2) is 68.8 Å². The zero-order valence-corrected chi connectivity index (χ0v) is 19.5. The van der Waals surface area contributed by atoms with Crippen LogP contribution in [0.4, 0.5) is 5.69 Å². The highest BCUT2D eigenvalue weighted by Crippen LogP contribution is 2.50. The van der Waals surface area contributed by atoms with Crippen LogP contribution in [0.5, 0.6) is 5.75 Å². The van der Waals surface area contributed by atoms with Crippen molar-refractivity contribution in [3.63, 3.8) is 0 Å². The molecule has 3 aliphatic rings. The van der Waals surface area contributed by atoms with E-state index in [0.717, 1.165) is 48.0 Å². The molecule has 2 amide bonds. The smallest absolute Gasteiger partial charge is 0.242 e. The standard InChI is InChI=1S/C26H29N5O4/c32-16-18-4-3-11-30(18)23(33)15-31-22-6-2-1-5-21(22)26(25(31)34)9-7-19(8-10-26)35-20-12-17-13-28-29-24(17)27-14-20/h1-2,5-6,12-14,18-19,32H,3-4,7-11,15-16H2,(H,27,28,29)/t18-,19?,26?/m0/s1. The molecule has 1 aromatic carbocycles. The molecule has 35 heavy (non-hydrogen) atoms. The van der Waals surface area contributed by atoms with E-state index in [9.17, 15) is 14.7 Å². The van der Waals surface area contributed by atoms with E-state index < -0.39 is 5.41 Å². The van der Waals surface area contributed by atoms with Crippen LogP contribution in [-0.2, 0) is 15.0 Å². The molecule has 2 aromatic heterocycles. The molecule has 2 N–H and O–H groups in total. The van der Waals surface area contributed by atoms with Gasteiger partial charge in [0.25, 0.3) is 0 Å². The van der Waals surface area contributed by atoms with Gasteiger partial charge in [-0.2, -0.15) is 5.10 Å². The van der Waals surface area contributed by atoms with Gasteiger partial charge in [0.15, 0.2) is 5.65 Å². The fourth-order valence-corrected chi connectivity index (χ4v) is 6.09. The first-order chi connectivity index (χ1) is 17.1. The predicted molar refractivity (Wildman–Crippen MR) is 129 cm³/mol. The number of aromatic amines is 1. The van der Waals surface area contributed by atoms with Gasteiger partial charge in [0.1, 0.15) is 12.3 Å². The zero-order valence-electron chi connectivity index (χ0n) is 19.5. The summed E-state index contributed by atoms with van der Waals surface area (Å²) in [6, 6.07) is 9.64. The first-order valence-corrected chi connectivity index (χ1v) is 12.4. The molecule has 1 saturated carbocycles. The summed E-state index contributed by atoms with van der Waals surface area (Å²) in [6.07, 6.45) is 7.93. The topological polar surface area (TPSA) is 112 Å². The van der Waals surface area contributed by atoms with Crippen LogP contribution in [0.15, 0.2) is 42.7 Å². The first kappa shape index (κ1) is 22.0. The maximum absolute atomic E-state index is 13.9. The summed E-state index contributed by atoms with van der Waals surface area (Å²) < 4.78 is 6.23. The predicted octanol–water partition coefficient (Wildman–Crippen LogP) is 2.55. The van der Waals surface area contributed by atoms with E-state index in [1.165, 1.54) is 0 Å². The SMILES string of the molecule is O=C(CN1C(=O)C2(CCC(Oc3cnc4[nH]ncc4c3)CC2)c2ccccc21)N1CCC[C@H]1CO. The maximum atomic E-state index is 13.9. The lowest BCUT2D eigenvalue weighted by Crippen LogP contribution is -2.49. The van der Waals surface area contributed by atoms with Crippen LogP contribution in [0.1, 0.15) is 44.1 Å². The summed E-state index contributed by atoms with van der Waals surface area (Å²) in [7, 11) is 0. The maximum Gasteiger partial charge on any atom is 0.242 e. The number of aliphatic hydroxyl groups is 1. The second-order valence-electron chi connectivity index (χ2n) is 9.85. The Kier molecular flexibility index (Phi) is 5.44. The molecule has 2 aliphatic heterocycles. The Bertz CT molecular complexity index is 1270. The van der Waals surface area contributed by atoms with E-state index in [1.54, 1.807) is 22.2 Å². The van der Waals surface area contributed by atoms with Gasteiger partial charge >= 0.3 is 0 Å². The first-order valence-electron chi connectivity index (χ1n) is 12.4. The molecule has 182 valence electrons. The Hall–Kier alpha value is -3.46. The number of nitrogens with zero attached hydrogens (tertiary/aromatic N) is 4. The van der Waals surface area contributed by atoms with Crippen molar-refractivity contribution in [3.8, 4) is 5.75 Å². The van der Waals surface area contributed by atoms with Gasteiger partial charge in [-0.3, -0.25) is 14.7 Å². The second kappa shape index (κ2) is 8.64. The number of aliphatic hydroxyl groups excluding tert-OH is 1. The highest BCUT2D eigenvalue weighted by atomic mass is 16.5. The van der Waals surface area contributed by atoms with Crippen LogP contribution in [0.2, 0.25) is 0 Å². The van der Waals surface area contributed by atoms with Gasteiger partial charge in [-0.1, -0.05) is 18.2 Å². The number of nitrogens with one attached hydrogen (secondary N) is 1. The number of benzene rings is 1. The van der Waals surface area contributed by atoms with Gasteiger partial charge in [0.05, 0.1) is 36.6 Å². The van der Waals surface area contributed by atoms with Gasteiger partial charge in [-0.15, -0.1) is 0 Å². The number of aromatic nitrogens is 3. The Morgan fingerprint density at radius 2 is 2.03 bits per heavy atom. The Labute approximate surface area is 203 Å². The summed E-state index contributed by atoms with van der Waals surface area (Å²) in [5, 5.41) is 17.4. The molecule has 9 nitrogen and oxygen atoms in total. The average molecular weight is 476 g/mol. The molecule has 0 unspecified atom stereocenters. The molecule has 1 aliphatic carbocycles. The highest BCUT2D eigenvalue weighted by molar-refractivity contribution is 6.10. The Morgan fingerprint density at radius 3 is 2.86 bits per heavy atom. The number of pyridine rings is 1. The Balaban J connectivity index is 1.19. The average Bonchev–Trinajstić information content (AvgIpc) is 3.60. The van der Waals surface area contributed by atoms with Crippen molar-refractivity contribution < 1.29 is 19.4 Å². The van der Waals surface area contributed by atoms with Crippen LogP contribution in [0.25, 0.3) is 11.0 Å². The van der Waals surface area contributed by atoms with E-state index in [-0.39, 0.29) is 37.1 Å². The van der Waals surface area contributed by atoms with Crippen molar-refractivity contribution in [1.29, 1.82) is 0 Å². The quantitative estimate of drug-likeness (QED) is 0.587. The van der Waals surface area contributed by atoms with Crippen molar-refractivity contribution in [2.75, 3.05) is 24.6 Å². The number of carbonyl (C=O) groups is 2. The van der Waals surface area contributed by atoms with E-state index in [0.29, 0.717) is 25.1 Å². The molecule has 6 rings (SSSR count). The summed E-state index contributed by atoms with van der Waals surface area (Å²) in [6.45, 7) is 0.617. The molecule has 9 heteroatoms. The molecule has 3 aromatic rings. The molecule has 4 heterocycles. The molecular weight excluding hydrogens is 446 g/mol. The number of fused-ring (bicyclic) bond motifs is 3. The molecule has 2 fully saturated rings. The van der Waals surface area contributed by atoms with Crippen molar-refractivity contribution in [1.82, 2.24) is 20.1 Å². The van der Waals surface area contributed by atoms with Crippen molar-refractivity contribution in [2.45, 2.75) is 56.1 Å². The van der Waals surface area contributed by atoms with Gasteiger partial charge < -0.3 is 19.6 Å². The number of para-hydroxylation sites is 1. The number of H-pyrrole nitrogens is 1. The lowest BCUT2D eigenvalue weighted by atomic mass is 9.69. The van der Waals surface area contributed by atoms with Crippen LogP contribution in [0, 0.1) is 0 Å². The summed E-state index contributed by atoms with van der Waals surface area (Å²) in [5.74, 6) is 0.613. The minimum Gasteiger partial charge on any atom is -0.489 e. The summed E-state index contributed by atoms with van der Waals surface area (Å²) in [4.78, 5) is 34.7. The lowest BCUT2D eigenvalue weighted by molar-refractivity contribution is -0.133. The third-order valence-corrected chi connectivity index (χ3v) is 7.92. The minimum absolute atomic E-state index is 0.00247. The number of hydrogen-bond donors (Lipinski definition) is 2. The largest absolute Gasteiger partial charge is 0.489 e. The monoisotopic (exact) mass is 475 g/mol. The molecule has 1 saturated heterocycles. The number of ether oxygens (including phenoxy) is 1. The van der Waals surface area contributed by atoms with E-state index >= 15 is 0 Å². The Morgan fingerprint density at radius 1 is 1.20 bits per heavy atom. The van der Waals surface area contributed by atoms with Crippen LogP contribution >= 0.6 is 0 Å². The van der Waals surface area contributed by atoms with E-state index in [4.69, 9.17) is 4.74 Å². The second-order valence-corrected chi connectivity index (χ2v) is 9.85. The van der Waals surface area contributed by atoms with Crippen LogP contribution in [0.3, 0.4) is 0 Å². The molecule has 0 radical (unpaired) electrons. The molecule has 1 atom stereocenters. The fourth-order valence-electron chi connectivity index (χ4n) is 6.09. The third-order valence-electron chi connectivity index (χ3n) is 7.92. The van der Waals surface area contributed by atoms with Crippen molar-refractivity contribution >= 4 is 28.5 Å². The summed E-state index contributed by atoms with van der Waals surface area (Å²) >= 11 is 0. The number of carbonyl (C=O) groups excluding carboxylic acids is 2. The number of rotatable bonds is 5. The molecule has 1 spiro atoms. The summed E-state index contributed by atoms with van der Waals surface area (Å²) in [5.41, 5.74) is 1.95. The number of amides is 2. The normalized spacial score (nSPS) is 26.0. The highest BCUT2D eigenvalue weighted by Gasteiger charge is 2.53. The number of hydrogen-bond acceptors (Lipinski definition) is 6. The third kappa shape index (κ3) is 3.65. The van der Waals surface area contributed by atoms with Crippen molar-refractivity contribution in [2.24, 2.45) is 0 Å². The minimum atomic E-state index is -0.620. The lowest BCUT2D eigenvalue weighted by Gasteiger charge is -2.36. The molecular formula is C26H29N5O4. The van der Waals surface area contributed by atoms with Gasteiger partial charge in [0, 0.05) is 17.6 Å². The van der Waals surface area contributed by atoms with E-state index in [2.05, 4.69) is 15.2 Å². The van der Waals surface area contributed by atoms with Gasteiger partial charge in [0.2, 0.25) is 11.8 Å². The number of anilines is 1. The van der Waals surface area contributed by atoms with Gasteiger partial charge in [-0.25, -0.2) is 4.98 Å².